The summed E-state index contributed by atoms with van der Waals surface area (Å²) >= 11 is 0. The molecule has 2 rings (SSSR count). The van der Waals surface area contributed by atoms with Gasteiger partial charge in [-0.2, -0.15) is 18.2 Å². The van der Waals surface area contributed by atoms with Crippen molar-refractivity contribution in [3.63, 3.8) is 0 Å². The second-order valence-corrected chi connectivity index (χ2v) is 5.44. The number of halogens is 3. The number of carboxylic acids is 1. The molecular formula is C15H14F3N3O4. The van der Waals surface area contributed by atoms with Crippen LogP contribution in [0, 0.1) is 0 Å². The minimum Gasteiger partial charge on any atom is -0.480 e. The van der Waals surface area contributed by atoms with E-state index < -0.39 is 29.5 Å². The Bertz CT molecular complexity index is 786. The Labute approximate surface area is 139 Å². The van der Waals surface area contributed by atoms with Crippen molar-refractivity contribution in [2.45, 2.75) is 32.0 Å². The molecule has 10 heteroatoms. The maximum absolute atomic E-state index is 12.4. The van der Waals surface area contributed by atoms with E-state index in [9.17, 15) is 22.8 Å². The molecule has 0 saturated carbocycles. The molecule has 1 unspecified atom stereocenters. The van der Waals surface area contributed by atoms with Crippen LogP contribution in [-0.4, -0.2) is 32.7 Å². The van der Waals surface area contributed by atoms with Crippen molar-refractivity contribution in [2.24, 2.45) is 0 Å². The van der Waals surface area contributed by atoms with Crippen LogP contribution in [0.5, 0.6) is 0 Å². The van der Waals surface area contributed by atoms with Crippen molar-refractivity contribution < 1.29 is 32.4 Å². The van der Waals surface area contributed by atoms with Crippen molar-refractivity contribution in [3.8, 4) is 11.4 Å². The number of rotatable bonds is 5. The number of amides is 1. The maximum atomic E-state index is 12.4. The highest BCUT2D eigenvalue weighted by Crippen LogP contribution is 2.29. The summed E-state index contributed by atoms with van der Waals surface area (Å²) in [7, 11) is 0. The first-order chi connectivity index (χ1) is 11.6. The molecule has 0 aliphatic rings. The molecule has 0 bridgehead atoms. The Morgan fingerprint density at radius 1 is 1.24 bits per heavy atom. The topological polar surface area (TPSA) is 105 Å². The molecule has 1 amide bonds. The van der Waals surface area contributed by atoms with Gasteiger partial charge in [0.25, 0.3) is 5.91 Å². The number of carbonyl (C=O) groups is 2. The average Bonchev–Trinajstić information content (AvgIpc) is 3.05. The first-order valence-corrected chi connectivity index (χ1v) is 7.14. The van der Waals surface area contributed by atoms with E-state index in [0.717, 1.165) is 0 Å². The Morgan fingerprint density at radius 3 is 2.28 bits per heavy atom. The zero-order valence-electron chi connectivity index (χ0n) is 13.2. The lowest BCUT2D eigenvalue weighted by Crippen LogP contribution is -2.51. The van der Waals surface area contributed by atoms with E-state index in [4.69, 9.17) is 5.11 Å². The number of aromatic nitrogens is 2. The number of hydrogen-bond donors (Lipinski definition) is 2. The third-order valence-corrected chi connectivity index (χ3v) is 3.64. The number of carbonyl (C=O) groups excluding carboxylic acids is 1. The van der Waals surface area contributed by atoms with Gasteiger partial charge in [0, 0.05) is 11.1 Å². The molecule has 7 nitrogen and oxygen atoms in total. The minimum atomic E-state index is -4.74. The molecule has 2 aromatic rings. The molecule has 134 valence electrons. The number of nitrogens with one attached hydrogen (secondary N) is 1. The lowest BCUT2D eigenvalue weighted by atomic mass is 9.98. The summed E-state index contributed by atoms with van der Waals surface area (Å²) in [5.41, 5.74) is -1.07. The van der Waals surface area contributed by atoms with E-state index >= 15 is 0 Å². The number of nitrogens with zero attached hydrogens (tertiary/aromatic N) is 2. The van der Waals surface area contributed by atoms with E-state index in [1.807, 2.05) is 0 Å². The van der Waals surface area contributed by atoms with E-state index in [-0.39, 0.29) is 23.4 Å². The van der Waals surface area contributed by atoms with Crippen LogP contribution >= 0.6 is 0 Å². The largest absolute Gasteiger partial charge is 0.480 e. The molecule has 2 N–H and O–H groups in total. The predicted octanol–water partition coefficient (Wildman–Crippen LogP) is 2.74. The number of carboxylic acid groups (broad SMARTS) is 1. The van der Waals surface area contributed by atoms with Crippen LogP contribution in [0.2, 0.25) is 0 Å². The summed E-state index contributed by atoms with van der Waals surface area (Å²) in [6.45, 7) is 2.99. The number of benzene rings is 1. The first kappa shape index (κ1) is 18.4. The van der Waals surface area contributed by atoms with Gasteiger partial charge >= 0.3 is 18.0 Å². The summed E-state index contributed by atoms with van der Waals surface area (Å²) in [6.07, 6.45) is -4.57. The SMILES string of the molecule is CCC(C)(NC(=O)c1ccc(-c2noc(C(F)(F)F)n2)cc1)C(=O)O. The predicted molar refractivity (Wildman–Crippen MR) is 78.5 cm³/mol. The molecule has 0 radical (unpaired) electrons. The van der Waals surface area contributed by atoms with Crippen molar-refractivity contribution in [2.75, 3.05) is 0 Å². The lowest BCUT2D eigenvalue weighted by molar-refractivity contribution is -0.159. The fourth-order valence-corrected chi connectivity index (χ4v) is 1.84. The smallest absolute Gasteiger partial charge is 0.471 e. The first-order valence-electron chi connectivity index (χ1n) is 7.14. The highest BCUT2D eigenvalue weighted by molar-refractivity contribution is 5.98. The molecule has 0 saturated heterocycles. The molecular weight excluding hydrogens is 343 g/mol. The van der Waals surface area contributed by atoms with E-state index in [2.05, 4.69) is 20.0 Å². The molecule has 0 fully saturated rings. The van der Waals surface area contributed by atoms with Crippen molar-refractivity contribution >= 4 is 11.9 Å². The fraction of sp³-hybridized carbons (Fsp3) is 0.333. The average molecular weight is 357 g/mol. The zero-order chi connectivity index (χ0) is 18.8. The van der Waals surface area contributed by atoms with Gasteiger partial charge in [0.15, 0.2) is 0 Å². The highest BCUT2D eigenvalue weighted by Gasteiger charge is 2.38. The van der Waals surface area contributed by atoms with E-state index in [1.54, 1.807) is 6.92 Å². The number of alkyl halides is 3. The summed E-state index contributed by atoms with van der Waals surface area (Å²) in [4.78, 5) is 26.6. The summed E-state index contributed by atoms with van der Waals surface area (Å²) in [5.74, 6) is -3.54. The van der Waals surface area contributed by atoms with Crippen molar-refractivity contribution in [3.05, 3.63) is 35.7 Å². The molecule has 25 heavy (non-hydrogen) atoms. The molecule has 1 atom stereocenters. The third kappa shape index (κ3) is 3.95. The standard InChI is InChI=1S/C15H14F3N3O4/c1-3-14(2,13(23)24)20-11(22)9-6-4-8(5-7-9)10-19-12(25-21-10)15(16,17)18/h4-7H,3H2,1-2H3,(H,20,22)(H,23,24). The Hall–Kier alpha value is -2.91. The lowest BCUT2D eigenvalue weighted by Gasteiger charge is -2.24. The van der Waals surface area contributed by atoms with Gasteiger partial charge in [0.1, 0.15) is 5.54 Å². The van der Waals surface area contributed by atoms with Crippen LogP contribution in [0.15, 0.2) is 28.8 Å². The van der Waals surface area contributed by atoms with Gasteiger partial charge in [0.2, 0.25) is 5.82 Å². The third-order valence-electron chi connectivity index (χ3n) is 3.64. The molecule has 0 aliphatic carbocycles. The van der Waals surface area contributed by atoms with Crippen LogP contribution < -0.4 is 5.32 Å². The van der Waals surface area contributed by atoms with E-state index in [0.29, 0.717) is 0 Å². The Kier molecular flexibility index (Phi) is 4.82. The minimum absolute atomic E-state index is 0.143. The second-order valence-electron chi connectivity index (χ2n) is 5.44. The summed E-state index contributed by atoms with van der Waals surface area (Å²) < 4.78 is 41.5. The summed E-state index contributed by atoms with van der Waals surface area (Å²) in [5, 5.41) is 14.8. The van der Waals surface area contributed by atoms with Gasteiger partial charge < -0.3 is 14.9 Å². The van der Waals surface area contributed by atoms with Crippen LogP contribution in [0.3, 0.4) is 0 Å². The van der Waals surface area contributed by atoms with E-state index in [1.165, 1.54) is 31.2 Å². The van der Waals surface area contributed by atoms with Gasteiger partial charge in [-0.15, -0.1) is 0 Å². The van der Waals surface area contributed by atoms with Crippen LogP contribution in [0.25, 0.3) is 11.4 Å². The van der Waals surface area contributed by atoms with Crippen LogP contribution in [0.4, 0.5) is 13.2 Å². The van der Waals surface area contributed by atoms with Crippen molar-refractivity contribution in [1.29, 1.82) is 0 Å². The maximum Gasteiger partial charge on any atom is 0.471 e. The number of aliphatic carboxylic acids is 1. The monoisotopic (exact) mass is 357 g/mol. The van der Waals surface area contributed by atoms with Gasteiger partial charge in [-0.05, 0) is 25.5 Å². The van der Waals surface area contributed by atoms with Gasteiger partial charge in [0.05, 0.1) is 0 Å². The van der Waals surface area contributed by atoms with Crippen LogP contribution in [0.1, 0.15) is 36.5 Å². The number of hydrogen-bond acceptors (Lipinski definition) is 5. The summed E-state index contributed by atoms with van der Waals surface area (Å²) in [6, 6.07) is 5.33. The molecule has 0 spiro atoms. The zero-order valence-corrected chi connectivity index (χ0v) is 13.2. The fourth-order valence-electron chi connectivity index (χ4n) is 1.84. The molecule has 1 aromatic heterocycles. The van der Waals surface area contributed by atoms with Gasteiger partial charge in [-0.3, -0.25) is 4.79 Å². The van der Waals surface area contributed by atoms with Crippen molar-refractivity contribution in [1.82, 2.24) is 15.5 Å². The Morgan fingerprint density at radius 2 is 1.84 bits per heavy atom. The second kappa shape index (κ2) is 6.54. The van der Waals surface area contributed by atoms with Gasteiger partial charge in [-0.1, -0.05) is 24.2 Å². The van der Waals surface area contributed by atoms with Crippen LogP contribution in [-0.2, 0) is 11.0 Å². The highest BCUT2D eigenvalue weighted by atomic mass is 19.4. The van der Waals surface area contributed by atoms with Gasteiger partial charge in [-0.25, -0.2) is 4.79 Å². The normalized spacial score (nSPS) is 14.0. The molecule has 1 heterocycles. The Balaban J connectivity index is 2.18. The molecule has 0 aliphatic heterocycles. The quantitative estimate of drug-likeness (QED) is 0.852. The molecule has 1 aromatic carbocycles.